The number of nitrogens with zero attached hydrogens (tertiary/aromatic N) is 4. The molecule has 6 nitrogen and oxygen atoms in total. The third kappa shape index (κ3) is 4.34. The largest absolute Gasteiger partial charge is 0.396 e. The van der Waals surface area contributed by atoms with E-state index < -0.39 is 0 Å². The van der Waals surface area contributed by atoms with Crippen molar-refractivity contribution in [1.29, 1.82) is 0 Å². The Bertz CT molecular complexity index is 848. The maximum atomic E-state index is 9.39. The summed E-state index contributed by atoms with van der Waals surface area (Å²) < 4.78 is 5.41. The predicted molar refractivity (Wildman–Crippen MR) is 103 cm³/mol. The topological polar surface area (TPSA) is 75.3 Å². The lowest BCUT2D eigenvalue weighted by Gasteiger charge is -2.32. The van der Waals surface area contributed by atoms with Crippen LogP contribution in [-0.4, -0.2) is 39.9 Å². The van der Waals surface area contributed by atoms with Gasteiger partial charge in [0, 0.05) is 32.3 Å². The number of hydrogen-bond donors (Lipinski definition) is 1. The molecule has 0 saturated carbocycles. The van der Waals surface area contributed by atoms with Crippen molar-refractivity contribution in [1.82, 2.24) is 15.1 Å². The molecule has 140 valence electrons. The van der Waals surface area contributed by atoms with Crippen molar-refractivity contribution in [3.63, 3.8) is 0 Å². The van der Waals surface area contributed by atoms with Crippen LogP contribution in [0.25, 0.3) is 11.5 Å². The smallest absolute Gasteiger partial charge is 0.259 e. The molecule has 1 saturated heterocycles. The Labute approximate surface area is 158 Å². The highest BCUT2D eigenvalue weighted by Crippen LogP contribution is 2.24. The number of pyridine rings is 1. The van der Waals surface area contributed by atoms with Gasteiger partial charge in [-0.05, 0) is 42.9 Å². The standard InChI is InChI=1S/C21H24N4O2/c26-15-17-7-4-12-25(14-17)20-11-9-18(13-22-20)21-23-19(24-27-21)10-8-16-5-2-1-3-6-16/h1-3,5-6,9,11,13,17,26H,4,7-8,10,12,14-15H2/t17-/m1/s1. The van der Waals surface area contributed by atoms with E-state index in [9.17, 15) is 5.11 Å². The molecule has 0 radical (unpaired) electrons. The summed E-state index contributed by atoms with van der Waals surface area (Å²) in [6.07, 6.45) is 5.58. The van der Waals surface area contributed by atoms with Gasteiger partial charge < -0.3 is 14.5 Å². The average molecular weight is 364 g/mol. The average Bonchev–Trinajstić information content (AvgIpc) is 3.22. The van der Waals surface area contributed by atoms with Crippen LogP contribution in [0.4, 0.5) is 5.82 Å². The van der Waals surface area contributed by atoms with Crippen LogP contribution in [0.2, 0.25) is 0 Å². The second-order valence-electron chi connectivity index (χ2n) is 7.04. The predicted octanol–water partition coefficient (Wildman–Crippen LogP) is 3.13. The van der Waals surface area contributed by atoms with E-state index in [0.717, 1.165) is 50.2 Å². The molecule has 3 heterocycles. The van der Waals surface area contributed by atoms with Crippen LogP contribution < -0.4 is 4.90 Å². The number of rotatable bonds is 6. The van der Waals surface area contributed by atoms with Gasteiger partial charge >= 0.3 is 0 Å². The van der Waals surface area contributed by atoms with Gasteiger partial charge in [-0.15, -0.1) is 0 Å². The van der Waals surface area contributed by atoms with Gasteiger partial charge in [-0.2, -0.15) is 4.98 Å². The van der Waals surface area contributed by atoms with Gasteiger partial charge in [-0.25, -0.2) is 4.98 Å². The molecule has 1 aliphatic heterocycles. The molecule has 27 heavy (non-hydrogen) atoms. The highest BCUT2D eigenvalue weighted by Gasteiger charge is 2.20. The third-order valence-corrected chi connectivity index (χ3v) is 5.04. The zero-order valence-corrected chi connectivity index (χ0v) is 15.3. The zero-order valence-electron chi connectivity index (χ0n) is 15.3. The quantitative estimate of drug-likeness (QED) is 0.724. The van der Waals surface area contributed by atoms with Crippen LogP contribution in [0, 0.1) is 5.92 Å². The first-order chi connectivity index (χ1) is 13.3. The maximum absolute atomic E-state index is 9.39. The summed E-state index contributed by atoms with van der Waals surface area (Å²) in [5, 5.41) is 13.5. The van der Waals surface area contributed by atoms with Crippen molar-refractivity contribution in [3.05, 3.63) is 60.0 Å². The maximum Gasteiger partial charge on any atom is 0.259 e. The molecule has 0 bridgehead atoms. The van der Waals surface area contributed by atoms with E-state index in [1.807, 2.05) is 30.3 Å². The summed E-state index contributed by atoms with van der Waals surface area (Å²) in [5.74, 6) is 2.48. The van der Waals surface area contributed by atoms with E-state index in [-0.39, 0.29) is 6.61 Å². The lowest BCUT2D eigenvalue weighted by Crippen LogP contribution is -2.37. The summed E-state index contributed by atoms with van der Waals surface area (Å²) in [6.45, 7) is 2.07. The van der Waals surface area contributed by atoms with Crippen LogP contribution in [0.3, 0.4) is 0 Å². The van der Waals surface area contributed by atoms with Crippen LogP contribution in [0.5, 0.6) is 0 Å². The second kappa shape index (κ2) is 8.31. The molecule has 0 amide bonds. The Balaban J connectivity index is 1.40. The molecule has 0 aliphatic carbocycles. The van der Waals surface area contributed by atoms with Crippen molar-refractivity contribution < 1.29 is 9.63 Å². The number of hydrogen-bond acceptors (Lipinski definition) is 6. The monoisotopic (exact) mass is 364 g/mol. The fourth-order valence-electron chi connectivity index (χ4n) is 3.50. The lowest BCUT2D eigenvalue weighted by molar-refractivity contribution is 0.208. The van der Waals surface area contributed by atoms with Gasteiger partial charge in [-0.3, -0.25) is 0 Å². The summed E-state index contributed by atoms with van der Waals surface area (Å²) in [4.78, 5) is 11.3. The molecule has 1 N–H and O–H groups in total. The number of anilines is 1. The number of aliphatic hydroxyl groups is 1. The fraction of sp³-hybridized carbons (Fsp3) is 0.381. The van der Waals surface area contributed by atoms with Crippen molar-refractivity contribution in [2.24, 2.45) is 5.92 Å². The molecular formula is C21H24N4O2. The van der Waals surface area contributed by atoms with Crippen molar-refractivity contribution >= 4 is 5.82 Å². The van der Waals surface area contributed by atoms with E-state index in [4.69, 9.17) is 4.52 Å². The van der Waals surface area contributed by atoms with E-state index >= 15 is 0 Å². The first-order valence-corrected chi connectivity index (χ1v) is 9.50. The Hall–Kier alpha value is -2.73. The van der Waals surface area contributed by atoms with Gasteiger partial charge in [0.15, 0.2) is 5.82 Å². The first-order valence-electron chi connectivity index (χ1n) is 9.50. The highest BCUT2D eigenvalue weighted by atomic mass is 16.5. The number of aromatic nitrogens is 3. The van der Waals surface area contributed by atoms with Crippen molar-refractivity contribution in [3.8, 4) is 11.5 Å². The molecule has 1 aliphatic rings. The molecule has 4 rings (SSSR count). The summed E-state index contributed by atoms with van der Waals surface area (Å²) in [7, 11) is 0. The Morgan fingerprint density at radius 3 is 2.78 bits per heavy atom. The highest BCUT2D eigenvalue weighted by molar-refractivity contribution is 5.54. The van der Waals surface area contributed by atoms with Crippen LogP contribution in [0.1, 0.15) is 24.2 Å². The van der Waals surface area contributed by atoms with Gasteiger partial charge in [0.05, 0.1) is 5.56 Å². The molecule has 1 fully saturated rings. The molecule has 0 unspecified atom stereocenters. The minimum absolute atomic E-state index is 0.238. The lowest BCUT2D eigenvalue weighted by atomic mass is 9.99. The summed E-state index contributed by atoms with van der Waals surface area (Å²) >= 11 is 0. The summed E-state index contributed by atoms with van der Waals surface area (Å²) in [5.41, 5.74) is 2.09. The number of piperidine rings is 1. The SMILES string of the molecule is OC[C@@H]1CCCN(c2ccc(-c3nc(CCc4ccccc4)no3)cn2)C1. The van der Waals surface area contributed by atoms with Crippen molar-refractivity contribution in [2.45, 2.75) is 25.7 Å². The molecular weight excluding hydrogens is 340 g/mol. The Morgan fingerprint density at radius 2 is 2.00 bits per heavy atom. The van der Waals surface area contributed by atoms with Gasteiger partial charge in [0.1, 0.15) is 5.82 Å². The number of aliphatic hydroxyl groups excluding tert-OH is 1. The molecule has 3 aromatic rings. The van der Waals surface area contributed by atoms with Crippen LogP contribution >= 0.6 is 0 Å². The molecule has 1 atom stereocenters. The molecule has 2 aromatic heterocycles. The van der Waals surface area contributed by atoms with Crippen LogP contribution in [-0.2, 0) is 12.8 Å². The molecule has 6 heteroatoms. The minimum atomic E-state index is 0.238. The van der Waals surface area contributed by atoms with E-state index in [0.29, 0.717) is 17.6 Å². The molecule has 0 spiro atoms. The van der Waals surface area contributed by atoms with Gasteiger partial charge in [0.2, 0.25) is 0 Å². The van der Waals surface area contributed by atoms with Gasteiger partial charge in [0.25, 0.3) is 5.89 Å². The first kappa shape index (κ1) is 17.7. The minimum Gasteiger partial charge on any atom is -0.396 e. The van der Waals surface area contributed by atoms with Crippen molar-refractivity contribution in [2.75, 3.05) is 24.6 Å². The zero-order chi connectivity index (χ0) is 18.5. The Kier molecular flexibility index (Phi) is 5.44. The van der Waals surface area contributed by atoms with Gasteiger partial charge in [-0.1, -0.05) is 35.5 Å². The number of aryl methyl sites for hydroxylation is 2. The normalized spacial score (nSPS) is 17.2. The summed E-state index contributed by atoms with van der Waals surface area (Å²) in [6, 6.07) is 14.3. The van der Waals surface area contributed by atoms with E-state index in [2.05, 4.69) is 32.2 Å². The molecule has 1 aromatic carbocycles. The second-order valence-corrected chi connectivity index (χ2v) is 7.04. The van der Waals surface area contributed by atoms with E-state index in [1.54, 1.807) is 6.20 Å². The van der Waals surface area contributed by atoms with Crippen LogP contribution in [0.15, 0.2) is 53.2 Å². The fourth-order valence-corrected chi connectivity index (χ4v) is 3.50. The number of benzene rings is 1. The van der Waals surface area contributed by atoms with E-state index in [1.165, 1.54) is 5.56 Å². The third-order valence-electron chi connectivity index (χ3n) is 5.04. The Morgan fingerprint density at radius 1 is 1.11 bits per heavy atom.